The Morgan fingerprint density at radius 2 is 1.64 bits per heavy atom. The minimum atomic E-state index is -0.228. The van der Waals surface area contributed by atoms with Gasteiger partial charge in [0.05, 0.1) is 13.2 Å². The summed E-state index contributed by atoms with van der Waals surface area (Å²) in [5.41, 5.74) is 1.79. The quantitative estimate of drug-likeness (QED) is 0.726. The van der Waals surface area contributed by atoms with Crippen LogP contribution in [0.4, 0.5) is 10.5 Å². The average Bonchev–Trinajstić information content (AvgIpc) is 3.01. The Labute approximate surface area is 164 Å². The van der Waals surface area contributed by atoms with Crippen molar-refractivity contribution in [2.24, 2.45) is 0 Å². The van der Waals surface area contributed by atoms with Crippen LogP contribution in [0, 0.1) is 0 Å². The molecule has 4 rings (SSSR count). The summed E-state index contributed by atoms with van der Waals surface area (Å²) in [6.45, 7) is 4.54. The van der Waals surface area contributed by atoms with Gasteiger partial charge >= 0.3 is 6.03 Å². The Balaban J connectivity index is 1.34. The zero-order valence-electron chi connectivity index (χ0n) is 16.2. The number of amides is 4. The van der Waals surface area contributed by atoms with Gasteiger partial charge in [0.25, 0.3) is 5.91 Å². The summed E-state index contributed by atoms with van der Waals surface area (Å²) in [5, 5.41) is 0. The molecule has 0 spiro atoms. The molecule has 3 fully saturated rings. The summed E-state index contributed by atoms with van der Waals surface area (Å²) in [6.07, 6.45) is 1.40. The number of anilines is 1. The average molecular weight is 386 g/mol. The third kappa shape index (κ3) is 3.56. The van der Waals surface area contributed by atoms with Crippen LogP contribution in [0.15, 0.2) is 24.3 Å². The molecule has 3 heterocycles. The maximum absolute atomic E-state index is 12.8. The summed E-state index contributed by atoms with van der Waals surface area (Å²) in [6, 6.07) is 7.56. The molecule has 0 saturated carbocycles. The highest BCUT2D eigenvalue weighted by molar-refractivity contribution is 6.01. The maximum atomic E-state index is 12.8. The molecule has 8 nitrogen and oxygen atoms in total. The predicted molar refractivity (Wildman–Crippen MR) is 103 cm³/mol. The molecule has 0 atom stereocenters. The number of hydrogen-bond acceptors (Lipinski definition) is 5. The van der Waals surface area contributed by atoms with Crippen LogP contribution in [0.1, 0.15) is 23.2 Å². The number of morpholine rings is 1. The van der Waals surface area contributed by atoms with Crippen molar-refractivity contribution < 1.29 is 19.1 Å². The number of likely N-dealkylation sites (N-methyl/N-ethyl adjacent to an activating group) is 1. The molecular formula is C20H26N4O4. The fourth-order valence-electron chi connectivity index (χ4n) is 4.10. The molecule has 0 N–H and O–H groups in total. The van der Waals surface area contributed by atoms with Crippen LogP contribution in [0.3, 0.4) is 0 Å². The molecule has 3 aliphatic heterocycles. The van der Waals surface area contributed by atoms with E-state index in [0.29, 0.717) is 31.5 Å². The Hall–Kier alpha value is -2.61. The Morgan fingerprint density at radius 1 is 1.00 bits per heavy atom. The SMILES string of the molecule is CN1C(=O)CN(C2CCN(C(=O)c3ccc(N4CCOCC4)cc3)CC2)C1=O. The Kier molecular flexibility index (Phi) is 5.21. The molecule has 3 saturated heterocycles. The zero-order chi connectivity index (χ0) is 19.7. The van der Waals surface area contributed by atoms with E-state index in [4.69, 9.17) is 4.74 Å². The number of rotatable bonds is 3. The van der Waals surface area contributed by atoms with Crippen molar-refractivity contribution in [3.05, 3.63) is 29.8 Å². The smallest absolute Gasteiger partial charge is 0.327 e. The Bertz CT molecular complexity index is 752. The molecule has 1 aromatic carbocycles. The lowest BCUT2D eigenvalue weighted by molar-refractivity contribution is -0.124. The lowest BCUT2D eigenvalue weighted by Crippen LogP contribution is -2.47. The lowest BCUT2D eigenvalue weighted by atomic mass is 10.0. The molecular weight excluding hydrogens is 360 g/mol. The van der Waals surface area contributed by atoms with Crippen LogP contribution in [0.2, 0.25) is 0 Å². The Morgan fingerprint density at radius 3 is 2.21 bits per heavy atom. The van der Waals surface area contributed by atoms with E-state index < -0.39 is 0 Å². The van der Waals surface area contributed by atoms with E-state index >= 15 is 0 Å². The van der Waals surface area contributed by atoms with Crippen molar-refractivity contribution in [3.8, 4) is 0 Å². The number of imide groups is 1. The zero-order valence-corrected chi connectivity index (χ0v) is 16.2. The number of urea groups is 1. The van der Waals surface area contributed by atoms with E-state index in [0.717, 1.165) is 32.0 Å². The van der Waals surface area contributed by atoms with E-state index in [1.807, 2.05) is 29.2 Å². The molecule has 0 radical (unpaired) electrons. The number of carbonyl (C=O) groups is 3. The molecule has 0 aromatic heterocycles. The van der Waals surface area contributed by atoms with Crippen LogP contribution in [-0.4, -0.2) is 91.6 Å². The van der Waals surface area contributed by atoms with Gasteiger partial charge in [0, 0.05) is 50.5 Å². The summed E-state index contributed by atoms with van der Waals surface area (Å²) in [7, 11) is 1.52. The van der Waals surface area contributed by atoms with Gasteiger partial charge in [0.1, 0.15) is 6.54 Å². The van der Waals surface area contributed by atoms with Gasteiger partial charge in [0.2, 0.25) is 5.91 Å². The number of carbonyl (C=O) groups excluding carboxylic acids is 3. The predicted octanol–water partition coefficient (Wildman–Crippen LogP) is 1.02. The molecule has 4 amide bonds. The molecule has 3 aliphatic rings. The number of benzene rings is 1. The van der Waals surface area contributed by atoms with E-state index in [1.54, 1.807) is 4.90 Å². The van der Waals surface area contributed by atoms with Crippen LogP contribution in [0.5, 0.6) is 0 Å². The van der Waals surface area contributed by atoms with E-state index in [9.17, 15) is 14.4 Å². The van der Waals surface area contributed by atoms with Gasteiger partial charge in [0.15, 0.2) is 0 Å². The summed E-state index contributed by atoms with van der Waals surface area (Å²) >= 11 is 0. The highest BCUT2D eigenvalue weighted by Crippen LogP contribution is 2.23. The second-order valence-electron chi connectivity index (χ2n) is 7.53. The number of nitrogens with zero attached hydrogens (tertiary/aromatic N) is 4. The molecule has 0 bridgehead atoms. The van der Waals surface area contributed by atoms with Gasteiger partial charge in [-0.25, -0.2) is 4.79 Å². The van der Waals surface area contributed by atoms with Crippen LogP contribution >= 0.6 is 0 Å². The van der Waals surface area contributed by atoms with Gasteiger partial charge in [-0.3, -0.25) is 14.5 Å². The highest BCUT2D eigenvalue weighted by Gasteiger charge is 2.39. The van der Waals surface area contributed by atoms with Crippen LogP contribution in [-0.2, 0) is 9.53 Å². The number of ether oxygens (including phenoxy) is 1. The molecule has 1 aromatic rings. The third-order valence-corrected chi connectivity index (χ3v) is 5.90. The van der Waals surface area contributed by atoms with Gasteiger partial charge in [-0.15, -0.1) is 0 Å². The van der Waals surface area contributed by atoms with Crippen molar-refractivity contribution in [1.29, 1.82) is 0 Å². The first-order chi connectivity index (χ1) is 13.5. The fourth-order valence-corrected chi connectivity index (χ4v) is 4.10. The molecule has 28 heavy (non-hydrogen) atoms. The normalized spacial score (nSPS) is 21.6. The topological polar surface area (TPSA) is 73.4 Å². The first-order valence-electron chi connectivity index (χ1n) is 9.84. The molecule has 8 heteroatoms. The first-order valence-corrected chi connectivity index (χ1v) is 9.84. The van der Waals surface area contributed by atoms with Gasteiger partial charge in [-0.05, 0) is 37.1 Å². The van der Waals surface area contributed by atoms with Crippen molar-refractivity contribution in [3.63, 3.8) is 0 Å². The van der Waals surface area contributed by atoms with Gasteiger partial charge in [-0.2, -0.15) is 0 Å². The second kappa shape index (κ2) is 7.79. The molecule has 150 valence electrons. The lowest BCUT2D eigenvalue weighted by Gasteiger charge is -2.36. The summed E-state index contributed by atoms with van der Waals surface area (Å²) < 4.78 is 5.38. The number of likely N-dealkylation sites (tertiary alicyclic amines) is 1. The van der Waals surface area contributed by atoms with Crippen molar-refractivity contribution in [2.75, 3.05) is 57.9 Å². The third-order valence-electron chi connectivity index (χ3n) is 5.90. The largest absolute Gasteiger partial charge is 0.378 e. The van der Waals surface area contributed by atoms with E-state index in [-0.39, 0.29) is 30.4 Å². The summed E-state index contributed by atoms with van der Waals surface area (Å²) in [5.74, 6) is -0.142. The molecule has 0 unspecified atom stereocenters. The maximum Gasteiger partial charge on any atom is 0.327 e. The van der Waals surface area contributed by atoms with Crippen LogP contribution in [0.25, 0.3) is 0 Å². The number of hydrogen-bond donors (Lipinski definition) is 0. The monoisotopic (exact) mass is 386 g/mol. The minimum absolute atomic E-state index is 0.0212. The second-order valence-corrected chi connectivity index (χ2v) is 7.53. The van der Waals surface area contributed by atoms with Crippen molar-refractivity contribution >= 4 is 23.5 Å². The van der Waals surface area contributed by atoms with E-state index in [2.05, 4.69) is 4.90 Å². The fraction of sp³-hybridized carbons (Fsp3) is 0.550. The standard InChI is InChI=1S/C20H26N4O4/c1-21-18(25)14-24(20(21)27)17-6-8-23(9-7-17)19(26)15-2-4-16(5-3-15)22-10-12-28-13-11-22/h2-5,17H,6-14H2,1H3. The van der Waals surface area contributed by atoms with Gasteiger partial charge < -0.3 is 19.4 Å². The highest BCUT2D eigenvalue weighted by atomic mass is 16.5. The first kappa shape index (κ1) is 18.7. The van der Waals surface area contributed by atoms with Gasteiger partial charge in [-0.1, -0.05) is 0 Å². The number of piperidine rings is 1. The minimum Gasteiger partial charge on any atom is -0.378 e. The van der Waals surface area contributed by atoms with Crippen LogP contribution < -0.4 is 4.90 Å². The van der Waals surface area contributed by atoms with E-state index in [1.165, 1.54) is 11.9 Å². The van der Waals surface area contributed by atoms with Crippen molar-refractivity contribution in [2.45, 2.75) is 18.9 Å². The molecule has 0 aliphatic carbocycles. The summed E-state index contributed by atoms with van der Waals surface area (Å²) in [4.78, 5) is 43.6. The van der Waals surface area contributed by atoms with Crippen molar-refractivity contribution in [1.82, 2.24) is 14.7 Å².